The molecule has 0 bridgehead atoms. The molecule has 1 heterocycles. The molecular formula is C22H25N3O3. The zero-order valence-corrected chi connectivity index (χ0v) is 16.2. The van der Waals surface area contributed by atoms with Gasteiger partial charge in [0.15, 0.2) is 0 Å². The number of nitrogens with one attached hydrogen (secondary N) is 1. The second-order valence-corrected chi connectivity index (χ2v) is 6.42. The summed E-state index contributed by atoms with van der Waals surface area (Å²) in [5, 5.41) is 2.95. The number of aryl methyl sites for hydroxylation is 1. The molecule has 0 aliphatic rings. The molecule has 0 spiro atoms. The topological polar surface area (TPSA) is 65.4 Å². The standard InChI is InChI=1S/C22H25N3O3/c1-17-23-13-14-25(17)19-7-5-18(6-8-19)16-24-22(26)4-3-15-28-21-11-9-20(27-2)10-12-21/h5-14H,3-4,15-16H2,1-2H3,(H,24,26). The van der Waals surface area contributed by atoms with E-state index in [2.05, 4.69) is 10.3 Å². The maximum absolute atomic E-state index is 12.0. The Morgan fingerprint density at radius 3 is 2.43 bits per heavy atom. The smallest absolute Gasteiger partial charge is 0.220 e. The highest BCUT2D eigenvalue weighted by Gasteiger charge is 2.04. The van der Waals surface area contributed by atoms with Gasteiger partial charge in [-0.25, -0.2) is 4.98 Å². The summed E-state index contributed by atoms with van der Waals surface area (Å²) in [5.41, 5.74) is 2.12. The second-order valence-electron chi connectivity index (χ2n) is 6.42. The van der Waals surface area contributed by atoms with E-state index in [4.69, 9.17) is 9.47 Å². The predicted molar refractivity (Wildman–Crippen MR) is 108 cm³/mol. The summed E-state index contributed by atoms with van der Waals surface area (Å²) in [6, 6.07) is 15.5. The first kappa shape index (κ1) is 19.5. The fourth-order valence-corrected chi connectivity index (χ4v) is 2.81. The number of aromatic nitrogens is 2. The quantitative estimate of drug-likeness (QED) is 0.576. The van der Waals surface area contributed by atoms with E-state index in [1.807, 2.05) is 66.2 Å². The first-order valence-corrected chi connectivity index (χ1v) is 9.28. The number of methoxy groups -OCH3 is 1. The molecule has 0 fully saturated rings. The number of rotatable bonds is 9. The van der Waals surface area contributed by atoms with Crippen LogP contribution in [0.25, 0.3) is 5.69 Å². The lowest BCUT2D eigenvalue weighted by molar-refractivity contribution is -0.121. The highest BCUT2D eigenvalue weighted by atomic mass is 16.5. The summed E-state index contributed by atoms with van der Waals surface area (Å²) in [6.45, 7) is 2.98. The van der Waals surface area contributed by atoms with E-state index in [1.54, 1.807) is 13.3 Å². The van der Waals surface area contributed by atoms with Crippen LogP contribution in [-0.2, 0) is 11.3 Å². The van der Waals surface area contributed by atoms with E-state index in [9.17, 15) is 4.79 Å². The van der Waals surface area contributed by atoms with E-state index < -0.39 is 0 Å². The van der Waals surface area contributed by atoms with Gasteiger partial charge in [0.1, 0.15) is 17.3 Å². The molecule has 2 aromatic carbocycles. The summed E-state index contributed by atoms with van der Waals surface area (Å²) >= 11 is 0. The van der Waals surface area contributed by atoms with Crippen molar-refractivity contribution < 1.29 is 14.3 Å². The van der Waals surface area contributed by atoms with Crippen molar-refractivity contribution in [2.45, 2.75) is 26.3 Å². The largest absolute Gasteiger partial charge is 0.497 e. The number of hydrogen-bond acceptors (Lipinski definition) is 4. The van der Waals surface area contributed by atoms with Crippen LogP contribution in [0.2, 0.25) is 0 Å². The Morgan fingerprint density at radius 2 is 1.79 bits per heavy atom. The average molecular weight is 379 g/mol. The Labute approximate surface area is 165 Å². The summed E-state index contributed by atoms with van der Waals surface area (Å²) in [4.78, 5) is 16.2. The predicted octanol–water partition coefficient (Wildman–Crippen LogP) is 3.66. The van der Waals surface area contributed by atoms with Gasteiger partial charge >= 0.3 is 0 Å². The van der Waals surface area contributed by atoms with Gasteiger partial charge in [0.2, 0.25) is 5.91 Å². The molecule has 0 aliphatic carbocycles. The van der Waals surface area contributed by atoms with Crippen LogP contribution < -0.4 is 14.8 Å². The highest BCUT2D eigenvalue weighted by Crippen LogP contribution is 2.17. The zero-order valence-electron chi connectivity index (χ0n) is 16.2. The molecule has 0 aliphatic heterocycles. The Hall–Kier alpha value is -3.28. The van der Waals surface area contributed by atoms with Crippen LogP contribution >= 0.6 is 0 Å². The van der Waals surface area contributed by atoms with E-state index in [0.29, 0.717) is 26.0 Å². The minimum Gasteiger partial charge on any atom is -0.497 e. The summed E-state index contributed by atoms with van der Waals surface area (Å²) in [7, 11) is 1.63. The number of hydrogen-bond donors (Lipinski definition) is 1. The molecule has 1 aromatic heterocycles. The monoisotopic (exact) mass is 379 g/mol. The zero-order chi connectivity index (χ0) is 19.8. The number of imidazole rings is 1. The normalized spacial score (nSPS) is 10.5. The Balaban J connectivity index is 1.36. The first-order valence-electron chi connectivity index (χ1n) is 9.28. The van der Waals surface area contributed by atoms with Crippen molar-refractivity contribution in [3.8, 4) is 17.2 Å². The van der Waals surface area contributed by atoms with Crippen LogP contribution in [0.15, 0.2) is 60.9 Å². The highest BCUT2D eigenvalue weighted by molar-refractivity contribution is 5.75. The molecule has 1 amide bonds. The van der Waals surface area contributed by atoms with Crippen LogP contribution in [0.3, 0.4) is 0 Å². The summed E-state index contributed by atoms with van der Waals surface area (Å²) in [6.07, 6.45) is 4.81. The molecule has 0 radical (unpaired) electrons. The van der Waals surface area contributed by atoms with Gasteiger partial charge in [-0.2, -0.15) is 0 Å². The second kappa shape index (κ2) is 9.60. The van der Waals surface area contributed by atoms with Gasteiger partial charge in [-0.15, -0.1) is 0 Å². The van der Waals surface area contributed by atoms with Crippen LogP contribution in [-0.4, -0.2) is 29.2 Å². The van der Waals surface area contributed by atoms with E-state index in [1.165, 1.54) is 0 Å². The third-order valence-corrected chi connectivity index (χ3v) is 4.41. The number of amides is 1. The Morgan fingerprint density at radius 1 is 1.07 bits per heavy atom. The number of nitrogens with zero attached hydrogens (tertiary/aromatic N) is 2. The van der Waals surface area contributed by atoms with E-state index in [0.717, 1.165) is 28.6 Å². The minimum atomic E-state index is 0.0212. The van der Waals surface area contributed by atoms with Gasteiger partial charge in [-0.05, 0) is 55.3 Å². The number of carbonyl (C=O) groups excluding carboxylic acids is 1. The molecule has 6 nitrogen and oxygen atoms in total. The number of carbonyl (C=O) groups is 1. The molecule has 0 atom stereocenters. The van der Waals surface area contributed by atoms with E-state index in [-0.39, 0.29) is 5.91 Å². The molecular weight excluding hydrogens is 354 g/mol. The lowest BCUT2D eigenvalue weighted by Crippen LogP contribution is -2.23. The molecule has 6 heteroatoms. The van der Waals surface area contributed by atoms with Gasteiger partial charge in [0.25, 0.3) is 0 Å². The van der Waals surface area contributed by atoms with Crippen molar-refractivity contribution in [3.63, 3.8) is 0 Å². The molecule has 0 saturated heterocycles. The van der Waals surface area contributed by atoms with Crippen molar-refractivity contribution in [2.75, 3.05) is 13.7 Å². The third-order valence-electron chi connectivity index (χ3n) is 4.41. The van der Waals surface area contributed by atoms with Crippen LogP contribution in [0.1, 0.15) is 24.2 Å². The lowest BCUT2D eigenvalue weighted by Gasteiger charge is -2.09. The minimum absolute atomic E-state index is 0.0212. The first-order chi connectivity index (χ1) is 13.7. The Bertz CT molecular complexity index is 886. The molecule has 0 saturated carbocycles. The van der Waals surface area contributed by atoms with Gasteiger partial charge in [-0.1, -0.05) is 12.1 Å². The molecule has 1 N–H and O–H groups in total. The van der Waals surface area contributed by atoms with Crippen LogP contribution in [0.4, 0.5) is 0 Å². The lowest BCUT2D eigenvalue weighted by atomic mass is 10.2. The SMILES string of the molecule is COc1ccc(OCCCC(=O)NCc2ccc(-n3ccnc3C)cc2)cc1. The third kappa shape index (κ3) is 5.36. The van der Waals surface area contributed by atoms with E-state index >= 15 is 0 Å². The number of benzene rings is 2. The van der Waals surface area contributed by atoms with Crippen molar-refractivity contribution in [1.82, 2.24) is 14.9 Å². The molecule has 0 unspecified atom stereocenters. The molecule has 3 aromatic rings. The van der Waals surface area contributed by atoms with Crippen molar-refractivity contribution in [3.05, 3.63) is 72.3 Å². The van der Waals surface area contributed by atoms with Crippen molar-refractivity contribution in [1.29, 1.82) is 0 Å². The maximum Gasteiger partial charge on any atom is 0.220 e. The van der Waals surface area contributed by atoms with Crippen LogP contribution in [0, 0.1) is 6.92 Å². The van der Waals surface area contributed by atoms with Gasteiger partial charge < -0.3 is 19.4 Å². The Kier molecular flexibility index (Phi) is 6.68. The maximum atomic E-state index is 12.0. The van der Waals surface area contributed by atoms with Gasteiger partial charge in [-0.3, -0.25) is 4.79 Å². The number of ether oxygens (including phenoxy) is 2. The average Bonchev–Trinajstić information content (AvgIpc) is 3.16. The molecule has 146 valence electrons. The fraction of sp³-hybridized carbons (Fsp3) is 0.273. The van der Waals surface area contributed by atoms with Crippen molar-refractivity contribution >= 4 is 5.91 Å². The van der Waals surface area contributed by atoms with Crippen molar-refractivity contribution in [2.24, 2.45) is 0 Å². The van der Waals surface area contributed by atoms with Crippen LogP contribution in [0.5, 0.6) is 11.5 Å². The molecule has 3 rings (SSSR count). The fourth-order valence-electron chi connectivity index (χ4n) is 2.81. The summed E-state index contributed by atoms with van der Waals surface area (Å²) in [5.74, 6) is 2.53. The van der Waals surface area contributed by atoms with Gasteiger partial charge in [0.05, 0.1) is 13.7 Å². The molecule has 28 heavy (non-hydrogen) atoms. The van der Waals surface area contributed by atoms with Gasteiger partial charge in [0, 0.05) is 31.0 Å². The summed E-state index contributed by atoms with van der Waals surface area (Å²) < 4.78 is 12.8.